The Kier molecular flexibility index (Phi) is 7.48. The molecule has 0 amide bonds. The van der Waals surface area contributed by atoms with E-state index in [2.05, 4.69) is 22.3 Å². The molecule has 6 nitrogen and oxygen atoms in total. The second-order valence-electron chi connectivity index (χ2n) is 8.03. The predicted molar refractivity (Wildman–Crippen MR) is 130 cm³/mol. The molecule has 3 aromatic rings. The molecule has 2 aromatic carbocycles. The monoisotopic (exact) mass is 430 g/mol. The van der Waals surface area contributed by atoms with Crippen LogP contribution in [0.4, 0.5) is 5.69 Å². The zero-order chi connectivity index (χ0) is 22.2. The van der Waals surface area contributed by atoms with Gasteiger partial charge in [-0.15, -0.1) is 0 Å². The molecule has 1 aliphatic heterocycles. The van der Waals surface area contributed by atoms with Gasteiger partial charge in [-0.3, -0.25) is 14.3 Å². The second-order valence-corrected chi connectivity index (χ2v) is 8.03. The van der Waals surface area contributed by atoms with Crippen molar-refractivity contribution in [2.75, 3.05) is 44.7 Å². The Morgan fingerprint density at radius 3 is 2.50 bits per heavy atom. The molecule has 2 N–H and O–H groups in total. The van der Waals surface area contributed by atoms with Crippen molar-refractivity contribution < 1.29 is 4.74 Å². The maximum Gasteiger partial charge on any atom is 0.255 e. The molecule has 32 heavy (non-hydrogen) atoms. The number of aromatic nitrogens is 1. The van der Waals surface area contributed by atoms with Gasteiger partial charge in [0.25, 0.3) is 5.56 Å². The van der Waals surface area contributed by atoms with E-state index in [1.807, 2.05) is 48.7 Å². The lowest BCUT2D eigenvalue weighted by molar-refractivity contribution is 0.0398. The fourth-order valence-electron chi connectivity index (χ4n) is 3.98. The maximum absolute atomic E-state index is 12.8. The molecule has 0 aliphatic carbocycles. The van der Waals surface area contributed by atoms with Crippen LogP contribution in [0, 0.1) is 5.41 Å². The third-order valence-electron chi connectivity index (χ3n) is 5.85. The summed E-state index contributed by atoms with van der Waals surface area (Å²) in [5, 5.41) is 11.2. The molecule has 1 fully saturated rings. The van der Waals surface area contributed by atoms with Crippen molar-refractivity contribution >= 4 is 11.9 Å². The number of hydrogen-bond donors (Lipinski definition) is 2. The average Bonchev–Trinajstić information content (AvgIpc) is 2.84. The van der Waals surface area contributed by atoms with Crippen LogP contribution in [0.1, 0.15) is 16.7 Å². The summed E-state index contributed by atoms with van der Waals surface area (Å²) in [4.78, 5) is 15.1. The molecule has 0 saturated carbocycles. The molecular formula is C26H30N4O2. The summed E-state index contributed by atoms with van der Waals surface area (Å²) >= 11 is 0. The summed E-state index contributed by atoms with van der Waals surface area (Å²) in [5.41, 5.74) is 4.68. The minimum absolute atomic E-state index is 0.0560. The number of nitrogens with zero attached hydrogens (tertiary/aromatic N) is 2. The van der Waals surface area contributed by atoms with Gasteiger partial charge in [0.15, 0.2) is 0 Å². The van der Waals surface area contributed by atoms with Gasteiger partial charge in [-0.25, -0.2) is 0 Å². The standard InChI is InChI=1S/C26H30N4O2/c27-20-23-19-24(8-9-25(23)28-11-13-29-14-16-32-17-15-29)30-12-10-22(18-26(30)31)7-6-21-4-2-1-3-5-21/h1-5,8-10,12,18-20,27-28H,6-7,11,13-17H2. The van der Waals surface area contributed by atoms with Crippen LogP contribution in [-0.2, 0) is 17.6 Å². The normalized spacial score (nSPS) is 14.2. The van der Waals surface area contributed by atoms with Gasteiger partial charge in [0.1, 0.15) is 0 Å². The predicted octanol–water partition coefficient (Wildman–Crippen LogP) is 3.36. The minimum atomic E-state index is -0.0560. The highest BCUT2D eigenvalue weighted by atomic mass is 16.5. The smallest absolute Gasteiger partial charge is 0.255 e. The van der Waals surface area contributed by atoms with E-state index in [-0.39, 0.29) is 5.56 Å². The van der Waals surface area contributed by atoms with Crippen molar-refractivity contribution in [3.63, 3.8) is 0 Å². The summed E-state index contributed by atoms with van der Waals surface area (Å²) in [5.74, 6) is 0. The largest absolute Gasteiger partial charge is 0.383 e. The molecule has 1 saturated heterocycles. The number of benzene rings is 2. The van der Waals surface area contributed by atoms with E-state index in [0.717, 1.165) is 74.7 Å². The Balaban J connectivity index is 1.41. The molecule has 0 bridgehead atoms. The van der Waals surface area contributed by atoms with E-state index in [1.54, 1.807) is 10.6 Å². The van der Waals surface area contributed by atoms with Gasteiger partial charge < -0.3 is 15.5 Å². The van der Waals surface area contributed by atoms with Gasteiger partial charge in [0.05, 0.1) is 13.2 Å². The summed E-state index contributed by atoms with van der Waals surface area (Å²) in [6, 6.07) is 19.8. The lowest BCUT2D eigenvalue weighted by atomic mass is 10.1. The van der Waals surface area contributed by atoms with Crippen molar-refractivity contribution in [2.24, 2.45) is 0 Å². The zero-order valence-corrected chi connectivity index (χ0v) is 18.3. The number of ether oxygens (including phenoxy) is 1. The van der Waals surface area contributed by atoms with E-state index in [9.17, 15) is 4.79 Å². The van der Waals surface area contributed by atoms with Gasteiger partial charge >= 0.3 is 0 Å². The third-order valence-corrected chi connectivity index (χ3v) is 5.85. The molecule has 0 atom stereocenters. The number of aryl methyl sites for hydroxylation is 2. The molecule has 166 valence electrons. The van der Waals surface area contributed by atoms with E-state index in [4.69, 9.17) is 10.1 Å². The lowest BCUT2D eigenvalue weighted by Crippen LogP contribution is -2.39. The van der Waals surface area contributed by atoms with E-state index >= 15 is 0 Å². The van der Waals surface area contributed by atoms with Crippen LogP contribution in [0.15, 0.2) is 71.7 Å². The van der Waals surface area contributed by atoms with Crippen molar-refractivity contribution in [3.05, 3.63) is 93.9 Å². The molecular weight excluding hydrogens is 400 g/mol. The van der Waals surface area contributed by atoms with Crippen molar-refractivity contribution in [3.8, 4) is 5.69 Å². The summed E-state index contributed by atoms with van der Waals surface area (Å²) < 4.78 is 7.02. The van der Waals surface area contributed by atoms with Gasteiger partial charge in [-0.1, -0.05) is 30.3 Å². The zero-order valence-electron chi connectivity index (χ0n) is 18.3. The van der Waals surface area contributed by atoms with Crippen LogP contribution in [0.5, 0.6) is 0 Å². The Bertz CT molecular complexity index is 1090. The van der Waals surface area contributed by atoms with Crippen LogP contribution in [0.2, 0.25) is 0 Å². The first-order chi connectivity index (χ1) is 15.7. The van der Waals surface area contributed by atoms with Crippen LogP contribution >= 0.6 is 0 Å². The molecule has 0 spiro atoms. The van der Waals surface area contributed by atoms with Crippen molar-refractivity contribution in [1.82, 2.24) is 9.47 Å². The van der Waals surface area contributed by atoms with E-state index < -0.39 is 0 Å². The molecule has 4 rings (SSSR count). The Labute approximate surface area is 189 Å². The molecule has 1 aromatic heterocycles. The fourth-order valence-corrected chi connectivity index (χ4v) is 3.98. The number of nitrogens with one attached hydrogen (secondary N) is 2. The number of anilines is 1. The van der Waals surface area contributed by atoms with Gasteiger partial charge in [0, 0.05) is 61.6 Å². The number of rotatable bonds is 9. The van der Waals surface area contributed by atoms with Crippen LogP contribution in [0.25, 0.3) is 5.69 Å². The molecule has 0 unspecified atom stereocenters. The van der Waals surface area contributed by atoms with Gasteiger partial charge in [0.2, 0.25) is 0 Å². The fraction of sp³-hybridized carbons (Fsp3) is 0.308. The van der Waals surface area contributed by atoms with E-state index in [0.29, 0.717) is 0 Å². The first kappa shape index (κ1) is 22.0. The molecule has 2 heterocycles. The summed E-state index contributed by atoms with van der Waals surface area (Å²) in [6.45, 7) is 5.24. The Morgan fingerprint density at radius 2 is 1.75 bits per heavy atom. The third kappa shape index (κ3) is 5.72. The van der Waals surface area contributed by atoms with Gasteiger partial charge in [-0.05, 0) is 48.2 Å². The maximum atomic E-state index is 12.8. The Morgan fingerprint density at radius 1 is 0.969 bits per heavy atom. The summed E-state index contributed by atoms with van der Waals surface area (Å²) in [7, 11) is 0. The van der Waals surface area contributed by atoms with Crippen LogP contribution in [-0.4, -0.2) is 55.1 Å². The second kappa shape index (κ2) is 10.9. The van der Waals surface area contributed by atoms with Crippen molar-refractivity contribution in [2.45, 2.75) is 12.8 Å². The molecule has 0 radical (unpaired) electrons. The quantitative estimate of drug-likeness (QED) is 0.511. The number of hydrogen-bond acceptors (Lipinski definition) is 5. The number of morpholine rings is 1. The minimum Gasteiger partial charge on any atom is -0.383 e. The highest BCUT2D eigenvalue weighted by Crippen LogP contribution is 2.18. The molecule has 1 aliphatic rings. The summed E-state index contributed by atoms with van der Waals surface area (Å²) in [6.07, 6.45) is 4.90. The van der Waals surface area contributed by atoms with Crippen LogP contribution < -0.4 is 10.9 Å². The Hall–Kier alpha value is -3.22. The highest BCUT2D eigenvalue weighted by molar-refractivity contribution is 5.86. The first-order valence-corrected chi connectivity index (χ1v) is 11.2. The average molecular weight is 431 g/mol. The van der Waals surface area contributed by atoms with Crippen molar-refractivity contribution in [1.29, 1.82) is 5.41 Å². The van der Waals surface area contributed by atoms with Crippen LogP contribution in [0.3, 0.4) is 0 Å². The first-order valence-electron chi connectivity index (χ1n) is 11.2. The molecule has 6 heteroatoms. The highest BCUT2D eigenvalue weighted by Gasteiger charge is 2.10. The lowest BCUT2D eigenvalue weighted by Gasteiger charge is -2.26. The SMILES string of the molecule is N=Cc1cc(-n2ccc(CCc3ccccc3)cc2=O)ccc1NCCN1CCOCC1. The van der Waals surface area contributed by atoms with E-state index in [1.165, 1.54) is 11.8 Å². The van der Waals surface area contributed by atoms with Gasteiger partial charge in [-0.2, -0.15) is 0 Å². The topological polar surface area (TPSA) is 70.4 Å². The number of pyridine rings is 1.